The van der Waals surface area contributed by atoms with Gasteiger partial charge in [0.1, 0.15) is 9.48 Å². The molecule has 15 heavy (non-hydrogen) atoms. The molecule has 1 aliphatic rings. The van der Waals surface area contributed by atoms with Crippen molar-refractivity contribution in [3.05, 3.63) is 24.1 Å². The van der Waals surface area contributed by atoms with Crippen molar-refractivity contribution < 1.29 is 12.8 Å². The van der Waals surface area contributed by atoms with E-state index in [-0.39, 0.29) is 18.0 Å². The van der Waals surface area contributed by atoms with E-state index in [1.54, 1.807) is 0 Å². The fourth-order valence-corrected chi connectivity index (χ4v) is 3.71. The minimum Gasteiger partial charge on any atom is -0.227 e. The maximum atomic E-state index is 12.7. The third-order valence-corrected chi connectivity index (χ3v) is 6.58. The summed E-state index contributed by atoms with van der Waals surface area (Å²) in [5, 5.41) is 0. The third-order valence-electron chi connectivity index (χ3n) is 2.35. The van der Waals surface area contributed by atoms with Crippen LogP contribution in [-0.4, -0.2) is 17.8 Å². The van der Waals surface area contributed by atoms with Gasteiger partial charge in [-0.1, -0.05) is 29.3 Å². The van der Waals surface area contributed by atoms with E-state index in [2.05, 4.69) is 15.9 Å². The average molecular weight is 297 g/mol. The number of halogens is 2. The van der Waals surface area contributed by atoms with Crippen LogP contribution in [0.25, 0.3) is 0 Å². The Morgan fingerprint density at radius 1 is 1.60 bits per heavy atom. The molecule has 0 N–H and O–H groups in total. The van der Waals surface area contributed by atoms with Gasteiger partial charge in [-0.15, -0.1) is 0 Å². The second-order valence-electron chi connectivity index (χ2n) is 3.59. The van der Waals surface area contributed by atoms with E-state index in [4.69, 9.17) is 0 Å². The lowest BCUT2D eigenvalue weighted by atomic mass is 10.2. The fourth-order valence-electron chi connectivity index (χ4n) is 1.31. The van der Waals surface area contributed by atoms with Gasteiger partial charge in [0.2, 0.25) is 0 Å². The molecule has 1 unspecified atom stereocenters. The van der Waals surface area contributed by atoms with E-state index >= 15 is 0 Å². The van der Waals surface area contributed by atoms with Crippen LogP contribution in [-0.2, 0) is 9.84 Å². The molecule has 0 aliphatic heterocycles. The molecular weight excluding hydrogens is 283 g/mol. The van der Waals surface area contributed by atoms with Crippen molar-refractivity contribution in [3.63, 3.8) is 0 Å². The van der Waals surface area contributed by atoms with Gasteiger partial charge in [0.15, 0.2) is 9.84 Å². The number of hydrogen-bond donors (Lipinski definition) is 0. The molecular formula is C10H14BrFO2S. The first-order valence-electron chi connectivity index (χ1n) is 4.87. The van der Waals surface area contributed by atoms with Crippen LogP contribution in [0, 0.1) is 0 Å². The first-order valence-corrected chi connectivity index (χ1v) is 7.32. The topological polar surface area (TPSA) is 34.1 Å². The summed E-state index contributed by atoms with van der Waals surface area (Å²) in [6, 6.07) is 0. The second-order valence-corrected chi connectivity index (χ2v) is 7.89. The number of unbranched alkanes of at least 4 members (excludes halogenated alkanes) is 1. The van der Waals surface area contributed by atoms with E-state index in [9.17, 15) is 12.8 Å². The van der Waals surface area contributed by atoms with Crippen LogP contribution in [0.15, 0.2) is 24.1 Å². The van der Waals surface area contributed by atoms with Gasteiger partial charge in [-0.3, -0.25) is 0 Å². The molecule has 0 aromatic carbocycles. The molecule has 0 radical (unpaired) electrons. The summed E-state index contributed by atoms with van der Waals surface area (Å²) < 4.78 is 35.5. The predicted molar refractivity (Wildman–Crippen MR) is 63.3 cm³/mol. The zero-order valence-electron chi connectivity index (χ0n) is 8.54. The summed E-state index contributed by atoms with van der Waals surface area (Å²) >= 11 is 3.19. The largest absolute Gasteiger partial charge is 0.227 e. The second kappa shape index (κ2) is 4.78. The SMILES string of the molecule is CCCCS(=O)(=O)C1(Br)C=CC(F)=CC1. The Kier molecular flexibility index (Phi) is 4.12. The molecule has 2 nitrogen and oxygen atoms in total. The van der Waals surface area contributed by atoms with Crippen molar-refractivity contribution in [1.29, 1.82) is 0 Å². The minimum absolute atomic E-state index is 0.133. The first kappa shape index (κ1) is 12.9. The number of allylic oxidation sites excluding steroid dienone is 3. The molecule has 0 bridgehead atoms. The molecule has 0 amide bonds. The number of sulfone groups is 1. The van der Waals surface area contributed by atoms with Crippen LogP contribution in [0.4, 0.5) is 4.39 Å². The fraction of sp³-hybridized carbons (Fsp3) is 0.600. The summed E-state index contributed by atoms with van der Waals surface area (Å²) in [6.45, 7) is 1.94. The summed E-state index contributed by atoms with van der Waals surface area (Å²) in [5.41, 5.74) is 0. The molecule has 1 aliphatic carbocycles. The van der Waals surface area contributed by atoms with Crippen molar-refractivity contribution in [3.8, 4) is 0 Å². The normalized spacial score (nSPS) is 26.5. The highest BCUT2D eigenvalue weighted by molar-refractivity contribution is 9.11. The lowest BCUT2D eigenvalue weighted by Gasteiger charge is -2.24. The Morgan fingerprint density at radius 2 is 2.27 bits per heavy atom. The predicted octanol–water partition coefficient (Wildman–Crippen LogP) is 3.11. The highest BCUT2D eigenvalue weighted by Crippen LogP contribution is 2.36. The standard InChI is InChI=1S/C10H14BrFO2S/c1-2-3-8-15(13,14)10(11)6-4-9(12)5-7-10/h4-6H,2-3,7-8H2,1H3. The zero-order chi connectivity index (χ0) is 11.5. The maximum Gasteiger partial charge on any atom is 0.169 e. The molecule has 0 spiro atoms. The summed E-state index contributed by atoms with van der Waals surface area (Å²) in [6.07, 6.45) is 5.49. The van der Waals surface area contributed by atoms with Crippen molar-refractivity contribution >= 4 is 25.8 Å². The molecule has 0 aromatic heterocycles. The van der Waals surface area contributed by atoms with E-state index in [0.29, 0.717) is 6.42 Å². The Morgan fingerprint density at radius 3 is 2.73 bits per heavy atom. The zero-order valence-corrected chi connectivity index (χ0v) is 10.9. The smallest absolute Gasteiger partial charge is 0.169 e. The number of hydrogen-bond acceptors (Lipinski definition) is 2. The highest BCUT2D eigenvalue weighted by atomic mass is 79.9. The lowest BCUT2D eigenvalue weighted by molar-refractivity contribution is 0.578. The average Bonchev–Trinajstić information content (AvgIpc) is 2.19. The van der Waals surface area contributed by atoms with Crippen LogP contribution in [0.1, 0.15) is 26.2 Å². The molecule has 0 saturated carbocycles. The first-order chi connectivity index (χ1) is 6.91. The number of alkyl halides is 1. The summed E-state index contributed by atoms with van der Waals surface area (Å²) in [5.74, 6) is -0.245. The quantitative estimate of drug-likeness (QED) is 0.747. The van der Waals surface area contributed by atoms with E-state index in [1.165, 1.54) is 18.2 Å². The maximum absolute atomic E-state index is 12.7. The van der Waals surface area contributed by atoms with E-state index in [0.717, 1.165) is 6.42 Å². The molecule has 1 rings (SSSR count). The molecule has 0 saturated heterocycles. The van der Waals surface area contributed by atoms with Crippen molar-refractivity contribution in [2.24, 2.45) is 0 Å². The van der Waals surface area contributed by atoms with E-state index in [1.807, 2.05) is 6.92 Å². The van der Waals surface area contributed by atoms with Crippen LogP contribution < -0.4 is 0 Å². The van der Waals surface area contributed by atoms with Crippen molar-refractivity contribution in [2.45, 2.75) is 29.8 Å². The van der Waals surface area contributed by atoms with Gasteiger partial charge in [-0.2, -0.15) is 0 Å². The molecule has 1 atom stereocenters. The Hall–Kier alpha value is -0.160. The van der Waals surface area contributed by atoms with Gasteiger partial charge in [0.25, 0.3) is 0 Å². The van der Waals surface area contributed by atoms with Crippen LogP contribution in [0.3, 0.4) is 0 Å². The minimum atomic E-state index is -3.25. The molecule has 86 valence electrons. The van der Waals surface area contributed by atoms with Gasteiger partial charge < -0.3 is 0 Å². The number of rotatable bonds is 4. The summed E-state index contributed by atoms with van der Waals surface area (Å²) in [4.78, 5) is 0. The third kappa shape index (κ3) is 2.91. The Balaban J connectivity index is 2.84. The Bertz CT molecular complexity index is 386. The molecule has 0 aromatic rings. The van der Waals surface area contributed by atoms with Gasteiger partial charge in [-0.25, -0.2) is 12.8 Å². The monoisotopic (exact) mass is 296 g/mol. The molecule has 0 fully saturated rings. The van der Waals surface area contributed by atoms with Gasteiger partial charge in [0.05, 0.1) is 5.75 Å². The van der Waals surface area contributed by atoms with Crippen LogP contribution in [0.2, 0.25) is 0 Å². The van der Waals surface area contributed by atoms with Crippen LogP contribution >= 0.6 is 15.9 Å². The highest BCUT2D eigenvalue weighted by Gasteiger charge is 2.38. The van der Waals surface area contributed by atoms with Crippen molar-refractivity contribution in [1.82, 2.24) is 0 Å². The molecule has 0 heterocycles. The lowest BCUT2D eigenvalue weighted by Crippen LogP contribution is -2.32. The van der Waals surface area contributed by atoms with Gasteiger partial charge >= 0.3 is 0 Å². The van der Waals surface area contributed by atoms with Gasteiger partial charge in [-0.05, 0) is 24.6 Å². The van der Waals surface area contributed by atoms with E-state index < -0.39 is 13.5 Å². The van der Waals surface area contributed by atoms with Gasteiger partial charge in [0, 0.05) is 6.42 Å². The van der Waals surface area contributed by atoms with Crippen molar-refractivity contribution in [2.75, 3.05) is 5.75 Å². The molecule has 5 heteroatoms. The van der Waals surface area contributed by atoms with Crippen LogP contribution in [0.5, 0.6) is 0 Å². The Labute approximate surface area is 98.3 Å². The summed E-state index contributed by atoms with van der Waals surface area (Å²) in [7, 11) is -3.25.